The molecule has 8 nitrogen and oxygen atoms in total. The molecule has 0 aliphatic carbocycles. The minimum absolute atomic E-state index is 0.375. The van der Waals surface area contributed by atoms with Crippen molar-refractivity contribution in [1.82, 2.24) is 24.6 Å². The van der Waals surface area contributed by atoms with E-state index in [0.29, 0.717) is 11.4 Å². The highest BCUT2D eigenvalue weighted by Crippen LogP contribution is 2.37. The van der Waals surface area contributed by atoms with Gasteiger partial charge < -0.3 is 16.0 Å². The highest BCUT2D eigenvalue weighted by atomic mass is 32.2. The lowest BCUT2D eigenvalue weighted by Crippen LogP contribution is -2.71. The molecule has 31 heavy (non-hydrogen) atoms. The van der Waals surface area contributed by atoms with Crippen LogP contribution in [0.5, 0.6) is 0 Å². The van der Waals surface area contributed by atoms with Gasteiger partial charge in [0.2, 0.25) is 5.95 Å². The topological polar surface area (TPSA) is 95.1 Å². The van der Waals surface area contributed by atoms with Gasteiger partial charge in [-0.05, 0) is 30.9 Å². The van der Waals surface area contributed by atoms with Crippen LogP contribution in [-0.4, -0.2) is 69.0 Å². The molecule has 2 aliphatic heterocycles. The quantitative estimate of drug-likeness (QED) is 0.321. The summed E-state index contributed by atoms with van der Waals surface area (Å²) < 4.78 is 16.0. The van der Waals surface area contributed by atoms with Gasteiger partial charge in [-0.2, -0.15) is 0 Å². The van der Waals surface area contributed by atoms with Crippen LogP contribution in [0.3, 0.4) is 0 Å². The van der Waals surface area contributed by atoms with Crippen molar-refractivity contribution in [1.29, 1.82) is 0 Å². The normalized spacial score (nSPS) is 18.5. The van der Waals surface area contributed by atoms with Crippen LogP contribution in [0.25, 0.3) is 10.2 Å². The smallest absolute Gasteiger partial charge is 0.222 e. The van der Waals surface area contributed by atoms with Gasteiger partial charge in [0.25, 0.3) is 0 Å². The van der Waals surface area contributed by atoms with E-state index in [2.05, 4.69) is 35.2 Å². The number of aromatic nitrogens is 3. The molecular formula is C20H25N7OS3. The third kappa shape index (κ3) is 4.56. The zero-order chi connectivity index (χ0) is 21.3. The number of benzene rings is 1. The van der Waals surface area contributed by atoms with E-state index in [1.807, 2.05) is 36.8 Å². The van der Waals surface area contributed by atoms with E-state index in [4.69, 9.17) is 0 Å². The minimum Gasteiger partial charge on any atom is -0.361 e. The largest absolute Gasteiger partial charge is 0.361 e. The van der Waals surface area contributed by atoms with Gasteiger partial charge >= 0.3 is 0 Å². The lowest BCUT2D eigenvalue weighted by Gasteiger charge is -2.55. The molecule has 0 radical (unpaired) electrons. The second-order valence-electron chi connectivity index (χ2n) is 7.95. The number of fused-ring (bicyclic) bond motifs is 1. The zero-order valence-electron chi connectivity index (χ0n) is 17.3. The third-order valence-corrected chi connectivity index (χ3v) is 8.64. The molecule has 4 heterocycles. The van der Waals surface area contributed by atoms with E-state index in [1.165, 1.54) is 0 Å². The van der Waals surface area contributed by atoms with Gasteiger partial charge in [-0.25, -0.2) is 23.5 Å². The van der Waals surface area contributed by atoms with Gasteiger partial charge in [-0.1, -0.05) is 11.3 Å². The fourth-order valence-electron chi connectivity index (χ4n) is 3.76. The Hall–Kier alpha value is -1.79. The average molecular weight is 476 g/mol. The maximum absolute atomic E-state index is 12.9. The summed E-state index contributed by atoms with van der Waals surface area (Å²) in [7, 11) is -1.09. The predicted molar refractivity (Wildman–Crippen MR) is 128 cm³/mol. The predicted octanol–water partition coefficient (Wildman–Crippen LogP) is 2.65. The standard InChI is InChI=1S/C20H25N7OS3/c1-29-14-8-24-18(25-9-14)22-5-2-6-23-19-26-16-4-3-15(7-17(16)30-19)31(28)27-12-20(13-27)10-21-11-20/h3-4,7-9,21H,2,5-6,10-13H2,1H3,(H,23,26)(H,22,24,25). The molecule has 0 bridgehead atoms. The SMILES string of the molecule is CSc1cnc(NCCCNc2nc3ccc(S(=O)N4CC5(CNC5)C4)cc3s2)nc1. The molecule has 164 valence electrons. The number of nitrogens with one attached hydrogen (secondary N) is 3. The average Bonchev–Trinajstić information content (AvgIpc) is 3.13. The molecule has 0 saturated carbocycles. The van der Waals surface area contributed by atoms with Crippen LogP contribution >= 0.6 is 23.1 Å². The summed E-state index contributed by atoms with van der Waals surface area (Å²) in [6.07, 6.45) is 6.58. The number of thiazole rings is 1. The van der Waals surface area contributed by atoms with Crippen molar-refractivity contribution in [2.45, 2.75) is 16.2 Å². The second kappa shape index (κ2) is 8.99. The first-order valence-corrected chi connectivity index (χ1v) is 13.4. The Bertz CT molecular complexity index is 1080. The lowest BCUT2D eigenvalue weighted by molar-refractivity contribution is 0.0199. The van der Waals surface area contributed by atoms with Crippen LogP contribution in [-0.2, 0) is 11.0 Å². The van der Waals surface area contributed by atoms with Crippen LogP contribution in [0, 0.1) is 5.41 Å². The van der Waals surface area contributed by atoms with E-state index in [0.717, 1.165) is 70.8 Å². The van der Waals surface area contributed by atoms with Gasteiger partial charge in [0.1, 0.15) is 11.0 Å². The Kier molecular flexibility index (Phi) is 6.11. The monoisotopic (exact) mass is 475 g/mol. The van der Waals surface area contributed by atoms with E-state index >= 15 is 0 Å². The fourth-order valence-corrected chi connectivity index (χ4v) is 6.56. The minimum atomic E-state index is -1.09. The first-order chi connectivity index (χ1) is 15.1. The van der Waals surface area contributed by atoms with Gasteiger partial charge in [0.05, 0.1) is 15.1 Å². The molecular weight excluding hydrogens is 450 g/mol. The van der Waals surface area contributed by atoms with Crippen molar-refractivity contribution in [2.24, 2.45) is 5.41 Å². The number of thioether (sulfide) groups is 1. The van der Waals surface area contributed by atoms with Crippen LogP contribution < -0.4 is 16.0 Å². The Labute approximate surface area is 192 Å². The number of anilines is 2. The molecule has 1 spiro atoms. The Morgan fingerprint density at radius 2 is 2.00 bits per heavy atom. The highest BCUT2D eigenvalue weighted by Gasteiger charge is 2.49. The molecule has 2 aliphatic rings. The van der Waals surface area contributed by atoms with Crippen molar-refractivity contribution in [3.8, 4) is 0 Å². The molecule has 2 saturated heterocycles. The van der Waals surface area contributed by atoms with Crippen LogP contribution in [0.15, 0.2) is 40.4 Å². The molecule has 2 aromatic heterocycles. The maximum atomic E-state index is 12.9. The van der Waals surface area contributed by atoms with Crippen molar-refractivity contribution in [2.75, 3.05) is 56.2 Å². The highest BCUT2D eigenvalue weighted by molar-refractivity contribution is 7.98. The van der Waals surface area contributed by atoms with E-state index in [-0.39, 0.29) is 0 Å². The summed E-state index contributed by atoms with van der Waals surface area (Å²) in [5, 5.41) is 10.8. The molecule has 0 amide bonds. The van der Waals surface area contributed by atoms with E-state index < -0.39 is 11.0 Å². The maximum Gasteiger partial charge on any atom is 0.222 e. The molecule has 5 rings (SSSR count). The summed E-state index contributed by atoms with van der Waals surface area (Å²) in [4.78, 5) is 15.1. The van der Waals surface area contributed by atoms with Crippen molar-refractivity contribution in [3.05, 3.63) is 30.6 Å². The summed E-state index contributed by atoms with van der Waals surface area (Å²) in [5.41, 5.74) is 1.32. The first-order valence-electron chi connectivity index (χ1n) is 10.3. The fraction of sp³-hybridized carbons (Fsp3) is 0.450. The number of hydrogen-bond donors (Lipinski definition) is 3. The molecule has 1 atom stereocenters. The Morgan fingerprint density at radius 3 is 2.71 bits per heavy atom. The molecule has 1 aromatic carbocycles. The Balaban J connectivity index is 1.11. The summed E-state index contributed by atoms with van der Waals surface area (Å²) in [6.45, 7) is 5.53. The summed E-state index contributed by atoms with van der Waals surface area (Å²) in [5.74, 6) is 0.653. The lowest BCUT2D eigenvalue weighted by atomic mass is 9.76. The molecule has 11 heteroatoms. The van der Waals surface area contributed by atoms with Gasteiger partial charge in [0.15, 0.2) is 5.13 Å². The van der Waals surface area contributed by atoms with E-state index in [9.17, 15) is 4.21 Å². The molecule has 2 fully saturated rings. The van der Waals surface area contributed by atoms with Crippen LogP contribution in [0.4, 0.5) is 11.1 Å². The van der Waals surface area contributed by atoms with Crippen molar-refractivity contribution >= 4 is 55.4 Å². The van der Waals surface area contributed by atoms with Crippen LogP contribution in [0.1, 0.15) is 6.42 Å². The van der Waals surface area contributed by atoms with E-state index in [1.54, 1.807) is 23.1 Å². The van der Waals surface area contributed by atoms with Gasteiger partial charge in [0, 0.05) is 62.0 Å². The summed E-state index contributed by atoms with van der Waals surface area (Å²) in [6, 6.07) is 5.94. The Morgan fingerprint density at radius 1 is 1.23 bits per heavy atom. The molecule has 1 unspecified atom stereocenters. The van der Waals surface area contributed by atoms with Crippen molar-refractivity contribution in [3.63, 3.8) is 0 Å². The molecule has 3 N–H and O–H groups in total. The number of nitrogens with zero attached hydrogens (tertiary/aromatic N) is 4. The third-order valence-electron chi connectivity index (χ3n) is 5.60. The van der Waals surface area contributed by atoms with Gasteiger partial charge in [-0.3, -0.25) is 0 Å². The van der Waals surface area contributed by atoms with Crippen molar-refractivity contribution < 1.29 is 4.21 Å². The summed E-state index contributed by atoms with van der Waals surface area (Å²) >= 11 is 3.24. The zero-order valence-corrected chi connectivity index (χ0v) is 19.7. The molecule has 3 aromatic rings. The number of hydrogen-bond acceptors (Lipinski definition) is 9. The second-order valence-corrected chi connectivity index (χ2v) is 11.3. The number of rotatable bonds is 9. The van der Waals surface area contributed by atoms with Gasteiger partial charge in [-0.15, -0.1) is 11.8 Å². The van der Waals surface area contributed by atoms with Crippen LogP contribution in [0.2, 0.25) is 0 Å². The first kappa shape index (κ1) is 21.1.